The van der Waals surface area contributed by atoms with Gasteiger partial charge < -0.3 is 15.4 Å². The summed E-state index contributed by atoms with van der Waals surface area (Å²) < 4.78 is 5.55. The van der Waals surface area contributed by atoms with Gasteiger partial charge in [-0.1, -0.05) is 32.9 Å². The molecule has 2 rings (SSSR count). The summed E-state index contributed by atoms with van der Waals surface area (Å²) in [6.45, 7) is 7.98. The molecule has 1 aliphatic rings. The third-order valence-electron chi connectivity index (χ3n) is 3.66. The minimum atomic E-state index is 0.0119. The van der Waals surface area contributed by atoms with Crippen molar-refractivity contribution in [3.63, 3.8) is 0 Å². The fourth-order valence-corrected chi connectivity index (χ4v) is 2.30. The highest BCUT2D eigenvalue weighted by Gasteiger charge is 2.23. The van der Waals surface area contributed by atoms with Gasteiger partial charge in [0.1, 0.15) is 5.75 Å². The molecule has 1 atom stereocenters. The lowest BCUT2D eigenvalue weighted by atomic mass is 9.87. The molecular weight excluding hydrogens is 252 g/mol. The van der Waals surface area contributed by atoms with Crippen LogP contribution in [0.4, 0.5) is 0 Å². The van der Waals surface area contributed by atoms with Crippen molar-refractivity contribution in [2.24, 2.45) is 5.73 Å². The number of rotatable bonds is 3. The van der Waals surface area contributed by atoms with E-state index in [-0.39, 0.29) is 24.0 Å². The number of nitrogens with zero attached hydrogens (tertiary/aromatic N) is 1. The molecule has 0 unspecified atom stereocenters. The lowest BCUT2D eigenvalue weighted by Crippen LogP contribution is -2.35. The van der Waals surface area contributed by atoms with Crippen LogP contribution in [-0.2, 0) is 10.2 Å². The highest BCUT2D eigenvalue weighted by molar-refractivity contribution is 5.78. The Kier molecular flexibility index (Phi) is 4.33. The van der Waals surface area contributed by atoms with Crippen molar-refractivity contribution in [2.45, 2.75) is 38.6 Å². The van der Waals surface area contributed by atoms with E-state index >= 15 is 0 Å². The zero-order valence-corrected chi connectivity index (χ0v) is 12.6. The summed E-state index contributed by atoms with van der Waals surface area (Å²) in [6, 6.07) is 8.05. The van der Waals surface area contributed by atoms with Crippen LogP contribution in [0.1, 0.15) is 32.8 Å². The van der Waals surface area contributed by atoms with Crippen LogP contribution < -0.4 is 10.5 Å². The molecule has 1 heterocycles. The summed E-state index contributed by atoms with van der Waals surface area (Å²) in [5.41, 5.74) is 7.17. The normalized spacial score (nSPS) is 19.2. The monoisotopic (exact) mass is 276 g/mol. The number of benzene rings is 1. The average molecular weight is 276 g/mol. The lowest BCUT2D eigenvalue weighted by Gasteiger charge is -2.19. The van der Waals surface area contributed by atoms with Gasteiger partial charge in [0.15, 0.2) is 6.61 Å². The Hall–Kier alpha value is -1.55. The molecule has 0 spiro atoms. The molecule has 1 amide bonds. The minimum Gasteiger partial charge on any atom is -0.484 e. The van der Waals surface area contributed by atoms with Gasteiger partial charge in [0.05, 0.1) is 0 Å². The van der Waals surface area contributed by atoms with E-state index in [4.69, 9.17) is 10.5 Å². The second kappa shape index (κ2) is 5.83. The van der Waals surface area contributed by atoms with E-state index in [9.17, 15) is 4.79 Å². The molecule has 0 saturated carbocycles. The number of carbonyl (C=O) groups is 1. The summed E-state index contributed by atoms with van der Waals surface area (Å²) in [6.07, 6.45) is 0.881. The fourth-order valence-electron chi connectivity index (χ4n) is 2.30. The predicted molar refractivity (Wildman–Crippen MR) is 79.8 cm³/mol. The Bertz CT molecular complexity index is 462. The molecule has 0 aromatic heterocycles. The van der Waals surface area contributed by atoms with Crippen LogP contribution in [0.15, 0.2) is 24.3 Å². The van der Waals surface area contributed by atoms with Crippen LogP contribution >= 0.6 is 0 Å². The smallest absolute Gasteiger partial charge is 0.260 e. The number of hydrogen-bond acceptors (Lipinski definition) is 3. The fraction of sp³-hybridized carbons (Fsp3) is 0.562. The Morgan fingerprint density at radius 2 is 2.00 bits per heavy atom. The van der Waals surface area contributed by atoms with E-state index < -0.39 is 0 Å². The van der Waals surface area contributed by atoms with Gasteiger partial charge >= 0.3 is 0 Å². The van der Waals surface area contributed by atoms with Crippen molar-refractivity contribution < 1.29 is 9.53 Å². The Morgan fingerprint density at radius 1 is 1.35 bits per heavy atom. The van der Waals surface area contributed by atoms with E-state index in [1.807, 2.05) is 24.3 Å². The molecule has 0 radical (unpaired) electrons. The molecule has 1 aliphatic heterocycles. The van der Waals surface area contributed by atoms with Crippen molar-refractivity contribution >= 4 is 5.91 Å². The van der Waals surface area contributed by atoms with Gasteiger partial charge in [-0.3, -0.25) is 4.79 Å². The maximum Gasteiger partial charge on any atom is 0.260 e. The highest BCUT2D eigenvalue weighted by Crippen LogP contribution is 2.24. The molecule has 1 aromatic rings. The van der Waals surface area contributed by atoms with Crippen LogP contribution in [0.2, 0.25) is 0 Å². The number of amides is 1. The molecule has 2 N–H and O–H groups in total. The van der Waals surface area contributed by atoms with Gasteiger partial charge in [-0.05, 0) is 29.5 Å². The Labute approximate surface area is 120 Å². The first-order valence-corrected chi connectivity index (χ1v) is 7.13. The van der Waals surface area contributed by atoms with Crippen LogP contribution in [0.25, 0.3) is 0 Å². The van der Waals surface area contributed by atoms with Crippen molar-refractivity contribution in [1.82, 2.24) is 4.90 Å². The zero-order valence-electron chi connectivity index (χ0n) is 12.6. The molecule has 4 nitrogen and oxygen atoms in total. The second-order valence-electron chi connectivity index (χ2n) is 6.45. The van der Waals surface area contributed by atoms with Crippen LogP contribution in [0.3, 0.4) is 0 Å². The summed E-state index contributed by atoms with van der Waals surface area (Å²) in [4.78, 5) is 13.7. The number of nitrogens with two attached hydrogens (primary N) is 1. The largest absolute Gasteiger partial charge is 0.484 e. The van der Waals surface area contributed by atoms with Crippen molar-refractivity contribution in [2.75, 3.05) is 19.7 Å². The number of likely N-dealkylation sites (tertiary alicyclic amines) is 1. The maximum atomic E-state index is 11.9. The van der Waals surface area contributed by atoms with Crippen LogP contribution in [0.5, 0.6) is 5.75 Å². The summed E-state index contributed by atoms with van der Waals surface area (Å²) in [5.74, 6) is 0.743. The quantitative estimate of drug-likeness (QED) is 0.917. The van der Waals surface area contributed by atoms with E-state index in [1.165, 1.54) is 5.56 Å². The number of hydrogen-bond donors (Lipinski definition) is 1. The molecule has 1 aromatic carbocycles. The number of carbonyl (C=O) groups excluding carboxylic acids is 1. The summed E-state index contributed by atoms with van der Waals surface area (Å²) >= 11 is 0. The first-order chi connectivity index (χ1) is 9.36. The first-order valence-electron chi connectivity index (χ1n) is 7.13. The maximum absolute atomic E-state index is 11.9. The van der Waals surface area contributed by atoms with E-state index in [1.54, 1.807) is 4.90 Å². The molecule has 20 heavy (non-hydrogen) atoms. The zero-order chi connectivity index (χ0) is 14.8. The molecule has 110 valence electrons. The molecular formula is C16H24N2O2. The second-order valence-corrected chi connectivity index (χ2v) is 6.45. The molecule has 4 heteroatoms. The SMILES string of the molecule is CC(C)(C)c1ccc(OCC(=O)N2CC[C@@H](N)C2)cc1. The predicted octanol–water partition coefficient (Wildman–Crippen LogP) is 1.92. The van der Waals surface area contributed by atoms with Crippen molar-refractivity contribution in [1.29, 1.82) is 0 Å². The third-order valence-corrected chi connectivity index (χ3v) is 3.66. The van der Waals surface area contributed by atoms with Gasteiger partial charge in [0.2, 0.25) is 0 Å². The van der Waals surface area contributed by atoms with E-state index in [0.29, 0.717) is 6.54 Å². The Balaban J connectivity index is 1.86. The molecule has 1 saturated heterocycles. The summed E-state index contributed by atoms with van der Waals surface area (Å²) in [5, 5.41) is 0. The van der Waals surface area contributed by atoms with Gasteiger partial charge in [0.25, 0.3) is 5.91 Å². The standard InChI is InChI=1S/C16H24N2O2/c1-16(2,3)12-4-6-14(7-5-12)20-11-15(19)18-9-8-13(17)10-18/h4-7,13H,8-11,17H2,1-3H3/t13-/m1/s1. The molecule has 1 fully saturated rings. The lowest BCUT2D eigenvalue weighted by molar-refractivity contribution is -0.132. The summed E-state index contributed by atoms with van der Waals surface area (Å²) in [7, 11) is 0. The molecule has 0 aliphatic carbocycles. The average Bonchev–Trinajstić information content (AvgIpc) is 2.82. The molecule has 0 bridgehead atoms. The first kappa shape index (κ1) is 14.9. The van der Waals surface area contributed by atoms with Crippen molar-refractivity contribution in [3.05, 3.63) is 29.8 Å². The minimum absolute atomic E-state index is 0.0119. The topological polar surface area (TPSA) is 55.6 Å². The Morgan fingerprint density at radius 3 is 2.50 bits per heavy atom. The van der Waals surface area contributed by atoms with E-state index in [2.05, 4.69) is 20.8 Å². The van der Waals surface area contributed by atoms with Crippen molar-refractivity contribution in [3.8, 4) is 5.75 Å². The van der Waals surface area contributed by atoms with Crippen LogP contribution in [0, 0.1) is 0 Å². The number of ether oxygens (including phenoxy) is 1. The van der Waals surface area contributed by atoms with Gasteiger partial charge in [-0.2, -0.15) is 0 Å². The highest BCUT2D eigenvalue weighted by atomic mass is 16.5. The third kappa shape index (κ3) is 3.73. The van der Waals surface area contributed by atoms with E-state index in [0.717, 1.165) is 18.7 Å². The van der Waals surface area contributed by atoms with Crippen LogP contribution in [-0.4, -0.2) is 36.5 Å². The van der Waals surface area contributed by atoms with Gasteiger partial charge in [-0.15, -0.1) is 0 Å². The van der Waals surface area contributed by atoms with Gasteiger partial charge in [0, 0.05) is 19.1 Å². The van der Waals surface area contributed by atoms with Gasteiger partial charge in [-0.25, -0.2) is 0 Å².